The van der Waals surface area contributed by atoms with E-state index in [1.165, 1.54) is 6.08 Å². The minimum absolute atomic E-state index is 0.0386. The summed E-state index contributed by atoms with van der Waals surface area (Å²) < 4.78 is 12.6. The SMILES string of the molecule is C[C@H]1[C@H]([C@H](OC(=O)NCc2cn(CCCCCNC(=O)CCCCC3SC[C@]4(C)NC(=O)N[C@H]34)nn2)[C@H](O)CO)OC(C(=O)O)=C[C@@H]1N=C(N)N. The number of alkyl carbamates (subject to hydrolysis) is 1. The number of amides is 4. The van der Waals surface area contributed by atoms with Crippen LogP contribution in [0.3, 0.4) is 0 Å². The number of nitrogens with zero attached hydrogens (tertiary/aromatic N) is 4. The van der Waals surface area contributed by atoms with Crippen molar-refractivity contribution < 1.29 is 44.0 Å². The number of aliphatic carboxylic acids is 1. The van der Waals surface area contributed by atoms with Crippen LogP contribution in [-0.4, -0.2) is 120 Å². The Balaban J connectivity index is 1.10. The molecule has 4 heterocycles. The van der Waals surface area contributed by atoms with Crippen molar-refractivity contribution in [1.29, 1.82) is 0 Å². The fourth-order valence-electron chi connectivity index (χ4n) is 6.39. The molecule has 51 heavy (non-hydrogen) atoms. The number of aliphatic imine (C=N–C) groups is 1. The summed E-state index contributed by atoms with van der Waals surface area (Å²) in [6.45, 7) is 4.01. The van der Waals surface area contributed by atoms with Crippen molar-refractivity contribution in [2.45, 2.75) is 113 Å². The van der Waals surface area contributed by atoms with Crippen molar-refractivity contribution in [3.63, 3.8) is 0 Å². The summed E-state index contributed by atoms with van der Waals surface area (Å²) in [7, 11) is 0. The third-order valence-electron chi connectivity index (χ3n) is 9.15. The van der Waals surface area contributed by atoms with E-state index in [0.29, 0.717) is 30.5 Å². The van der Waals surface area contributed by atoms with Gasteiger partial charge in [0.05, 0.1) is 37.0 Å². The second-order valence-corrected chi connectivity index (χ2v) is 14.5. The fourth-order valence-corrected chi connectivity index (χ4v) is 8.09. The van der Waals surface area contributed by atoms with Crippen molar-refractivity contribution in [2.24, 2.45) is 22.4 Å². The first-order chi connectivity index (χ1) is 24.3. The number of carboxylic acid groups (broad SMARTS) is 1. The maximum absolute atomic E-state index is 12.7. The lowest BCUT2D eigenvalue weighted by molar-refractivity contribution is -0.147. The predicted octanol–water partition coefficient (Wildman–Crippen LogP) is -0.726. The fraction of sp³-hybridized carbons (Fsp3) is 0.710. The van der Waals surface area contributed by atoms with Crippen LogP contribution in [0.15, 0.2) is 23.0 Å². The van der Waals surface area contributed by atoms with E-state index < -0.39 is 54.7 Å². The topological polar surface area (TPSA) is 291 Å². The number of carbonyl (C=O) groups is 4. The lowest BCUT2D eigenvalue weighted by Gasteiger charge is -2.38. The standard InChI is InChI=1S/C31H50N10O9S/c1-17-19(36-28(32)33)12-21(27(45)46)49-24(17)25(20(43)15-42)50-30(48)35-13-18-14-41(40-39-18)11-7-3-6-10-34-23(44)9-5-4-8-22-26-31(2,16-51-22)38-29(47)37-26/h12,14,17,19-20,22,24-26,42-43H,3-11,13,15-16H2,1-2H3,(H,34,44)(H,35,48)(H,45,46)(H4,32,33,36)(H2,37,38,47)/t17-,19+,20-,22?,24-,25-,26-,31+/m1/s1. The number of hydrogen-bond donors (Lipinski definition) is 9. The summed E-state index contributed by atoms with van der Waals surface area (Å²) >= 11 is 1.88. The average molecular weight is 739 g/mol. The molecule has 2 fully saturated rings. The number of carboxylic acids is 1. The maximum atomic E-state index is 12.7. The van der Waals surface area contributed by atoms with Gasteiger partial charge in [0.15, 0.2) is 12.1 Å². The molecule has 19 nitrogen and oxygen atoms in total. The lowest BCUT2D eigenvalue weighted by Crippen LogP contribution is -2.52. The van der Waals surface area contributed by atoms with E-state index in [1.807, 2.05) is 11.8 Å². The molecule has 0 saturated carbocycles. The van der Waals surface area contributed by atoms with E-state index in [9.17, 15) is 34.5 Å². The minimum Gasteiger partial charge on any atom is -0.479 e. The highest BCUT2D eigenvalue weighted by Crippen LogP contribution is 2.39. The molecule has 8 atom stereocenters. The van der Waals surface area contributed by atoms with E-state index in [-0.39, 0.29) is 36.0 Å². The van der Waals surface area contributed by atoms with Crippen LogP contribution >= 0.6 is 11.8 Å². The highest BCUT2D eigenvalue weighted by atomic mass is 32.2. The summed E-state index contributed by atoms with van der Waals surface area (Å²) in [5.74, 6) is -1.93. The number of fused-ring (bicyclic) bond motifs is 1. The van der Waals surface area contributed by atoms with Gasteiger partial charge in [0.25, 0.3) is 0 Å². The Hall–Kier alpha value is -4.30. The van der Waals surface area contributed by atoms with Gasteiger partial charge in [0.1, 0.15) is 17.9 Å². The van der Waals surface area contributed by atoms with E-state index >= 15 is 0 Å². The van der Waals surface area contributed by atoms with Crippen LogP contribution in [0.25, 0.3) is 0 Å². The van der Waals surface area contributed by atoms with E-state index in [0.717, 1.165) is 44.3 Å². The normalized spacial score (nSPS) is 26.4. The Morgan fingerprint density at radius 1 is 1.24 bits per heavy atom. The van der Waals surface area contributed by atoms with Gasteiger partial charge in [0.2, 0.25) is 11.7 Å². The molecule has 1 aromatic rings. The van der Waals surface area contributed by atoms with Gasteiger partial charge in [-0.15, -0.1) is 5.10 Å². The zero-order valence-corrected chi connectivity index (χ0v) is 29.6. The molecule has 284 valence electrons. The maximum Gasteiger partial charge on any atom is 0.407 e. The van der Waals surface area contributed by atoms with Crippen LogP contribution in [0, 0.1) is 5.92 Å². The zero-order chi connectivity index (χ0) is 37.1. The van der Waals surface area contributed by atoms with E-state index in [4.69, 9.17) is 20.9 Å². The number of aromatic nitrogens is 3. The molecule has 20 heteroatoms. The van der Waals surface area contributed by atoms with Crippen LogP contribution in [-0.2, 0) is 32.2 Å². The Morgan fingerprint density at radius 2 is 2.02 bits per heavy atom. The third kappa shape index (κ3) is 11.1. The quantitative estimate of drug-likeness (QED) is 0.0366. The van der Waals surface area contributed by atoms with Gasteiger partial charge in [-0.05, 0) is 45.1 Å². The minimum atomic E-state index is -1.61. The van der Waals surface area contributed by atoms with Gasteiger partial charge in [-0.1, -0.05) is 18.6 Å². The summed E-state index contributed by atoms with van der Waals surface area (Å²) in [6, 6.07) is -0.817. The summed E-state index contributed by atoms with van der Waals surface area (Å²) in [5.41, 5.74) is 11.2. The Kier molecular flexibility index (Phi) is 14.1. The van der Waals surface area contributed by atoms with Gasteiger partial charge >= 0.3 is 18.1 Å². The van der Waals surface area contributed by atoms with Crippen molar-refractivity contribution in [2.75, 3.05) is 18.9 Å². The van der Waals surface area contributed by atoms with Gasteiger partial charge in [-0.2, -0.15) is 11.8 Å². The second-order valence-electron chi connectivity index (χ2n) is 13.3. The van der Waals surface area contributed by atoms with Gasteiger partial charge in [0, 0.05) is 36.4 Å². The smallest absolute Gasteiger partial charge is 0.407 e. The van der Waals surface area contributed by atoms with Crippen LogP contribution in [0.4, 0.5) is 9.59 Å². The molecule has 0 aliphatic carbocycles. The van der Waals surface area contributed by atoms with Crippen LogP contribution < -0.4 is 32.7 Å². The number of urea groups is 1. The monoisotopic (exact) mass is 738 g/mol. The Morgan fingerprint density at radius 3 is 2.75 bits per heavy atom. The van der Waals surface area contributed by atoms with Crippen molar-refractivity contribution in [3.8, 4) is 0 Å². The molecule has 0 radical (unpaired) electrons. The molecule has 1 unspecified atom stereocenters. The highest BCUT2D eigenvalue weighted by Gasteiger charge is 2.51. The molecular weight excluding hydrogens is 688 g/mol. The molecular formula is C31H50N10O9S. The van der Waals surface area contributed by atoms with Crippen LogP contribution in [0.1, 0.15) is 64.5 Å². The molecule has 3 aliphatic heterocycles. The van der Waals surface area contributed by atoms with Crippen LogP contribution in [0.5, 0.6) is 0 Å². The first-order valence-corrected chi connectivity index (χ1v) is 18.1. The van der Waals surface area contributed by atoms with E-state index in [1.54, 1.807) is 17.8 Å². The molecule has 3 aliphatic rings. The average Bonchev–Trinajstić information content (AvgIpc) is 3.75. The molecule has 4 rings (SSSR count). The number of unbranched alkanes of at least 4 members (excludes halogenated alkanes) is 3. The first-order valence-electron chi connectivity index (χ1n) is 17.1. The third-order valence-corrected chi connectivity index (χ3v) is 10.9. The van der Waals surface area contributed by atoms with Crippen molar-refractivity contribution in [1.82, 2.24) is 36.3 Å². The number of ether oxygens (including phenoxy) is 2. The van der Waals surface area contributed by atoms with Crippen molar-refractivity contribution in [3.05, 3.63) is 23.7 Å². The summed E-state index contributed by atoms with van der Waals surface area (Å²) in [5, 5.41) is 49.6. The molecule has 2 saturated heterocycles. The number of nitrogens with two attached hydrogens (primary N) is 2. The van der Waals surface area contributed by atoms with Crippen LogP contribution in [0.2, 0.25) is 0 Å². The Labute approximate surface area is 299 Å². The number of aryl methyl sites for hydroxylation is 1. The van der Waals surface area contributed by atoms with E-state index in [2.05, 4.69) is 43.5 Å². The summed E-state index contributed by atoms with van der Waals surface area (Å²) in [4.78, 5) is 52.3. The molecule has 11 N–H and O–H groups in total. The molecule has 0 aromatic carbocycles. The van der Waals surface area contributed by atoms with Crippen molar-refractivity contribution >= 4 is 41.7 Å². The number of hydrogen-bond acceptors (Lipinski definition) is 12. The predicted molar refractivity (Wildman–Crippen MR) is 185 cm³/mol. The number of thioether (sulfide) groups is 1. The Bertz CT molecular complexity index is 1440. The number of guanidine groups is 1. The summed E-state index contributed by atoms with van der Waals surface area (Å²) in [6.07, 6.45) is 3.26. The lowest BCUT2D eigenvalue weighted by atomic mass is 9.87. The van der Waals surface area contributed by atoms with Gasteiger partial charge in [-0.3, -0.25) is 9.48 Å². The largest absolute Gasteiger partial charge is 0.479 e. The second kappa shape index (κ2) is 18.3. The number of aliphatic hydroxyl groups excluding tert-OH is 2. The molecule has 4 amide bonds. The number of rotatable bonds is 19. The first kappa shape index (κ1) is 39.5. The number of carbonyl (C=O) groups excluding carboxylic acids is 3. The van der Waals surface area contributed by atoms with Gasteiger partial charge in [-0.25, -0.2) is 19.4 Å². The highest BCUT2D eigenvalue weighted by molar-refractivity contribution is 8.00. The van der Waals surface area contributed by atoms with Gasteiger partial charge < -0.3 is 57.5 Å². The zero-order valence-electron chi connectivity index (χ0n) is 28.8. The number of nitrogens with one attached hydrogen (secondary N) is 4. The molecule has 0 bridgehead atoms. The molecule has 1 aromatic heterocycles. The number of aliphatic hydroxyl groups is 2. The molecule has 0 spiro atoms.